The molecule has 0 aromatic carbocycles. The number of pyridine rings is 1. The first-order valence-corrected chi connectivity index (χ1v) is 7.36. The van der Waals surface area contributed by atoms with Gasteiger partial charge in [0.2, 0.25) is 5.88 Å². The highest BCUT2D eigenvalue weighted by Gasteiger charge is 2.32. The third-order valence-electron chi connectivity index (χ3n) is 4.09. The summed E-state index contributed by atoms with van der Waals surface area (Å²) in [4.78, 5) is 4.30. The first-order valence-electron chi connectivity index (χ1n) is 7.36. The van der Waals surface area contributed by atoms with Crippen LogP contribution in [0.5, 0.6) is 5.88 Å². The second-order valence-electron chi connectivity index (χ2n) is 6.42. The molecule has 1 N–H and O–H groups in total. The van der Waals surface area contributed by atoms with Crippen LogP contribution in [0.4, 0.5) is 5.69 Å². The van der Waals surface area contributed by atoms with Gasteiger partial charge in [-0.05, 0) is 49.7 Å². The number of ether oxygens (including phenoxy) is 1. The lowest BCUT2D eigenvalue weighted by Crippen LogP contribution is -2.37. The molecule has 0 bridgehead atoms. The lowest BCUT2D eigenvalue weighted by Gasteiger charge is -2.40. The first kappa shape index (κ1) is 14.2. The number of hydrogen-bond acceptors (Lipinski definition) is 3. The van der Waals surface area contributed by atoms with Crippen molar-refractivity contribution in [2.75, 3.05) is 11.9 Å². The van der Waals surface area contributed by atoms with E-state index in [0.717, 1.165) is 11.6 Å². The molecule has 1 heterocycles. The molecule has 1 aromatic rings. The molecular weight excluding hydrogens is 236 g/mol. The van der Waals surface area contributed by atoms with Crippen molar-refractivity contribution in [3.63, 3.8) is 0 Å². The van der Waals surface area contributed by atoms with Gasteiger partial charge in [-0.3, -0.25) is 0 Å². The minimum atomic E-state index is 0.481. The van der Waals surface area contributed by atoms with E-state index in [1.807, 2.05) is 13.0 Å². The number of hydrogen-bond donors (Lipinski definition) is 1. The summed E-state index contributed by atoms with van der Waals surface area (Å²) in [6.07, 6.45) is 5.55. The molecule has 2 rings (SSSR count). The van der Waals surface area contributed by atoms with Crippen molar-refractivity contribution in [3.8, 4) is 5.88 Å². The van der Waals surface area contributed by atoms with E-state index in [4.69, 9.17) is 4.74 Å². The zero-order valence-electron chi connectivity index (χ0n) is 12.6. The maximum absolute atomic E-state index is 5.58. The lowest BCUT2D eigenvalue weighted by atomic mass is 9.70. The van der Waals surface area contributed by atoms with Crippen molar-refractivity contribution < 1.29 is 4.74 Å². The standard InChI is InChI=1S/C16H26N2O/c1-5-19-15-14(7-6-10-17-15)18-13-8-9-16(3,4)11-12(13)2/h6-7,10,12-13,18H,5,8-9,11H2,1-4H3. The summed E-state index contributed by atoms with van der Waals surface area (Å²) in [7, 11) is 0. The molecule has 1 fully saturated rings. The van der Waals surface area contributed by atoms with Crippen molar-refractivity contribution in [2.24, 2.45) is 11.3 Å². The summed E-state index contributed by atoms with van der Waals surface area (Å²) >= 11 is 0. The molecule has 0 aliphatic heterocycles. The summed E-state index contributed by atoms with van der Waals surface area (Å²) in [5, 5.41) is 3.63. The summed E-state index contributed by atoms with van der Waals surface area (Å²) in [6.45, 7) is 9.73. The minimum absolute atomic E-state index is 0.481. The minimum Gasteiger partial charge on any atom is -0.476 e. The van der Waals surface area contributed by atoms with E-state index in [-0.39, 0.29) is 0 Å². The van der Waals surface area contributed by atoms with Gasteiger partial charge < -0.3 is 10.1 Å². The maximum Gasteiger partial charge on any atom is 0.237 e. The van der Waals surface area contributed by atoms with Gasteiger partial charge in [-0.15, -0.1) is 0 Å². The van der Waals surface area contributed by atoms with Crippen molar-refractivity contribution in [1.82, 2.24) is 4.98 Å². The monoisotopic (exact) mass is 262 g/mol. The Bertz CT molecular complexity index is 417. The molecule has 2 atom stereocenters. The molecule has 106 valence electrons. The van der Waals surface area contributed by atoms with E-state index in [0.29, 0.717) is 24.0 Å². The molecule has 0 saturated heterocycles. The Kier molecular flexibility index (Phi) is 4.33. The van der Waals surface area contributed by atoms with Gasteiger partial charge in [0.1, 0.15) is 0 Å². The Hall–Kier alpha value is -1.25. The van der Waals surface area contributed by atoms with Crippen molar-refractivity contribution in [1.29, 1.82) is 0 Å². The molecular formula is C16H26N2O. The van der Waals surface area contributed by atoms with E-state index in [9.17, 15) is 0 Å². The number of aromatic nitrogens is 1. The molecule has 1 saturated carbocycles. The van der Waals surface area contributed by atoms with Crippen LogP contribution in [-0.4, -0.2) is 17.6 Å². The van der Waals surface area contributed by atoms with Crippen LogP contribution in [0.15, 0.2) is 18.3 Å². The van der Waals surface area contributed by atoms with E-state index in [2.05, 4.69) is 37.1 Å². The first-order chi connectivity index (χ1) is 9.02. The van der Waals surface area contributed by atoms with Crippen LogP contribution in [0.25, 0.3) is 0 Å². The van der Waals surface area contributed by atoms with Crippen LogP contribution in [0.3, 0.4) is 0 Å². The van der Waals surface area contributed by atoms with Gasteiger partial charge in [0, 0.05) is 12.2 Å². The lowest BCUT2D eigenvalue weighted by molar-refractivity contribution is 0.177. The number of rotatable bonds is 4. The fraction of sp³-hybridized carbons (Fsp3) is 0.688. The van der Waals surface area contributed by atoms with Gasteiger partial charge >= 0.3 is 0 Å². The van der Waals surface area contributed by atoms with Gasteiger partial charge in [-0.1, -0.05) is 20.8 Å². The zero-order valence-corrected chi connectivity index (χ0v) is 12.6. The molecule has 2 unspecified atom stereocenters. The predicted octanol–water partition coefficient (Wildman–Crippen LogP) is 4.11. The third kappa shape index (κ3) is 3.62. The Morgan fingerprint density at radius 2 is 2.26 bits per heavy atom. The molecule has 0 spiro atoms. The summed E-state index contributed by atoms with van der Waals surface area (Å²) in [5.74, 6) is 1.40. The molecule has 3 heteroatoms. The second-order valence-corrected chi connectivity index (χ2v) is 6.42. The molecule has 1 aromatic heterocycles. The Labute approximate surface area is 116 Å². The van der Waals surface area contributed by atoms with E-state index in [1.165, 1.54) is 19.3 Å². The highest BCUT2D eigenvalue weighted by Crippen LogP contribution is 2.40. The summed E-state index contributed by atoms with van der Waals surface area (Å²) in [6, 6.07) is 4.55. The molecule has 1 aliphatic carbocycles. The van der Waals surface area contributed by atoms with E-state index < -0.39 is 0 Å². The van der Waals surface area contributed by atoms with Crippen LogP contribution < -0.4 is 10.1 Å². The number of nitrogens with one attached hydrogen (secondary N) is 1. The zero-order chi connectivity index (χ0) is 13.9. The fourth-order valence-electron chi connectivity index (χ4n) is 3.11. The SMILES string of the molecule is CCOc1ncccc1NC1CCC(C)(C)CC1C. The largest absolute Gasteiger partial charge is 0.476 e. The Morgan fingerprint density at radius 1 is 1.47 bits per heavy atom. The summed E-state index contributed by atoms with van der Waals surface area (Å²) in [5.41, 5.74) is 1.51. The highest BCUT2D eigenvalue weighted by molar-refractivity contribution is 5.52. The van der Waals surface area contributed by atoms with Gasteiger partial charge in [0.25, 0.3) is 0 Å². The van der Waals surface area contributed by atoms with Crippen molar-refractivity contribution >= 4 is 5.69 Å². The van der Waals surface area contributed by atoms with E-state index >= 15 is 0 Å². The number of nitrogens with zero attached hydrogens (tertiary/aromatic N) is 1. The average Bonchev–Trinajstić information content (AvgIpc) is 2.35. The molecule has 0 radical (unpaired) electrons. The van der Waals surface area contributed by atoms with Gasteiger partial charge in [0.15, 0.2) is 0 Å². The number of anilines is 1. The normalized spacial score (nSPS) is 25.9. The molecule has 19 heavy (non-hydrogen) atoms. The smallest absolute Gasteiger partial charge is 0.237 e. The fourth-order valence-corrected chi connectivity index (χ4v) is 3.11. The van der Waals surface area contributed by atoms with Crippen LogP contribution in [0.2, 0.25) is 0 Å². The summed E-state index contributed by atoms with van der Waals surface area (Å²) < 4.78 is 5.58. The third-order valence-corrected chi connectivity index (χ3v) is 4.09. The van der Waals surface area contributed by atoms with Crippen molar-refractivity contribution in [3.05, 3.63) is 18.3 Å². The topological polar surface area (TPSA) is 34.1 Å². The highest BCUT2D eigenvalue weighted by atomic mass is 16.5. The predicted molar refractivity (Wildman–Crippen MR) is 79.6 cm³/mol. The van der Waals surface area contributed by atoms with Gasteiger partial charge in [-0.2, -0.15) is 0 Å². The second kappa shape index (κ2) is 5.81. The van der Waals surface area contributed by atoms with Crippen LogP contribution in [-0.2, 0) is 0 Å². The molecule has 0 amide bonds. The van der Waals surface area contributed by atoms with Crippen LogP contribution in [0, 0.1) is 11.3 Å². The Balaban J connectivity index is 2.05. The van der Waals surface area contributed by atoms with Crippen LogP contribution >= 0.6 is 0 Å². The molecule has 3 nitrogen and oxygen atoms in total. The maximum atomic E-state index is 5.58. The average molecular weight is 262 g/mol. The van der Waals surface area contributed by atoms with Gasteiger partial charge in [0.05, 0.1) is 12.3 Å². The quantitative estimate of drug-likeness (QED) is 0.886. The van der Waals surface area contributed by atoms with Crippen molar-refractivity contribution in [2.45, 2.75) is 53.0 Å². The van der Waals surface area contributed by atoms with Crippen LogP contribution in [0.1, 0.15) is 47.0 Å². The molecule has 1 aliphatic rings. The van der Waals surface area contributed by atoms with E-state index in [1.54, 1.807) is 6.20 Å². The van der Waals surface area contributed by atoms with Gasteiger partial charge in [-0.25, -0.2) is 4.98 Å². The Morgan fingerprint density at radius 3 is 2.95 bits per heavy atom.